The summed E-state index contributed by atoms with van der Waals surface area (Å²) in [5.74, 6) is -0.846. The van der Waals surface area contributed by atoms with Gasteiger partial charge in [0.2, 0.25) is 0 Å². The number of anilines is 1. The molecule has 2 heterocycles. The third-order valence-corrected chi connectivity index (χ3v) is 5.18. The van der Waals surface area contributed by atoms with E-state index in [2.05, 4.69) is 16.0 Å². The number of rotatable bonds is 6. The van der Waals surface area contributed by atoms with E-state index in [1.807, 2.05) is 56.5 Å². The predicted molar refractivity (Wildman–Crippen MR) is 107 cm³/mol. The number of carbonyl (C=O) groups is 2. The fourth-order valence-corrected chi connectivity index (χ4v) is 3.63. The van der Waals surface area contributed by atoms with Crippen molar-refractivity contribution in [3.8, 4) is 0 Å². The van der Waals surface area contributed by atoms with Gasteiger partial charge in [0.25, 0.3) is 5.91 Å². The Hall–Kier alpha value is -2.86. The number of nitrogens with zero attached hydrogens (tertiary/aromatic N) is 1. The minimum absolute atomic E-state index is 0.318. The second kappa shape index (κ2) is 8.22. The lowest BCUT2D eigenvalue weighted by Gasteiger charge is -2.09. The van der Waals surface area contributed by atoms with Crippen molar-refractivity contribution in [1.29, 1.82) is 0 Å². The van der Waals surface area contributed by atoms with Crippen LogP contribution < -0.4 is 5.32 Å². The van der Waals surface area contributed by atoms with E-state index in [0.29, 0.717) is 11.3 Å². The maximum absolute atomic E-state index is 12.4. The van der Waals surface area contributed by atoms with Gasteiger partial charge in [-0.05, 0) is 56.0 Å². The lowest BCUT2D eigenvalue weighted by atomic mass is 10.2. The Kier molecular flexibility index (Phi) is 5.76. The van der Waals surface area contributed by atoms with Gasteiger partial charge in [0.05, 0.1) is 12.1 Å². The molecule has 0 aliphatic heterocycles. The van der Waals surface area contributed by atoms with Crippen molar-refractivity contribution in [2.24, 2.45) is 0 Å². The van der Waals surface area contributed by atoms with Crippen LogP contribution in [0.15, 0.2) is 47.8 Å². The average Bonchev–Trinajstić information content (AvgIpc) is 3.23. The van der Waals surface area contributed by atoms with Gasteiger partial charge in [-0.3, -0.25) is 4.79 Å². The van der Waals surface area contributed by atoms with E-state index in [-0.39, 0.29) is 12.5 Å². The first-order valence-corrected chi connectivity index (χ1v) is 9.55. The molecule has 0 radical (unpaired) electrons. The van der Waals surface area contributed by atoms with E-state index < -0.39 is 5.97 Å². The highest BCUT2D eigenvalue weighted by atomic mass is 32.1. The van der Waals surface area contributed by atoms with Crippen LogP contribution in [0.3, 0.4) is 0 Å². The summed E-state index contributed by atoms with van der Waals surface area (Å²) < 4.78 is 7.29. The molecule has 140 valence electrons. The molecule has 0 unspecified atom stereocenters. The minimum Gasteiger partial charge on any atom is -0.452 e. The molecule has 6 heteroatoms. The molecule has 0 atom stereocenters. The SMILES string of the molecule is Cc1cccc(NC(=O)COC(=O)c2cc(C)n(Cc3cccs3)c2C)c1. The molecule has 0 spiro atoms. The number of thiophene rings is 1. The second-order valence-electron chi connectivity index (χ2n) is 6.44. The van der Waals surface area contributed by atoms with Crippen molar-refractivity contribution in [2.75, 3.05) is 11.9 Å². The summed E-state index contributed by atoms with van der Waals surface area (Å²) in [5.41, 5.74) is 4.04. The van der Waals surface area contributed by atoms with Gasteiger partial charge in [-0.2, -0.15) is 0 Å². The highest BCUT2D eigenvalue weighted by Crippen LogP contribution is 2.20. The lowest BCUT2D eigenvalue weighted by molar-refractivity contribution is -0.119. The van der Waals surface area contributed by atoms with Crippen LogP contribution in [0.5, 0.6) is 0 Å². The quantitative estimate of drug-likeness (QED) is 0.646. The molecule has 1 N–H and O–H groups in total. The van der Waals surface area contributed by atoms with E-state index in [1.54, 1.807) is 17.4 Å². The fourth-order valence-electron chi connectivity index (χ4n) is 2.94. The van der Waals surface area contributed by atoms with Crippen molar-refractivity contribution >= 4 is 28.9 Å². The molecule has 0 bridgehead atoms. The maximum Gasteiger partial charge on any atom is 0.340 e. The fraction of sp³-hybridized carbons (Fsp3) is 0.238. The number of ether oxygens (including phenoxy) is 1. The Morgan fingerprint density at radius 1 is 1.11 bits per heavy atom. The second-order valence-corrected chi connectivity index (χ2v) is 7.48. The van der Waals surface area contributed by atoms with E-state index in [0.717, 1.165) is 23.5 Å². The number of hydrogen-bond acceptors (Lipinski definition) is 4. The summed E-state index contributed by atoms with van der Waals surface area (Å²) in [6.07, 6.45) is 0. The summed E-state index contributed by atoms with van der Waals surface area (Å²) in [6, 6.07) is 13.3. The maximum atomic E-state index is 12.4. The van der Waals surface area contributed by atoms with Crippen LogP contribution in [0, 0.1) is 20.8 Å². The molecule has 3 aromatic rings. The normalized spacial score (nSPS) is 10.6. The number of aryl methyl sites for hydroxylation is 2. The first kappa shape index (κ1) is 18.9. The molecule has 2 aromatic heterocycles. The highest BCUT2D eigenvalue weighted by molar-refractivity contribution is 7.09. The van der Waals surface area contributed by atoms with Crippen LogP contribution >= 0.6 is 11.3 Å². The first-order valence-electron chi connectivity index (χ1n) is 8.67. The van der Waals surface area contributed by atoms with Gasteiger partial charge in [0.15, 0.2) is 6.61 Å². The van der Waals surface area contributed by atoms with Crippen LogP contribution in [0.4, 0.5) is 5.69 Å². The van der Waals surface area contributed by atoms with Gasteiger partial charge in [-0.25, -0.2) is 4.79 Å². The predicted octanol–water partition coefficient (Wildman–Crippen LogP) is 4.32. The molecular formula is C21H22N2O3S. The number of nitrogens with one attached hydrogen (secondary N) is 1. The van der Waals surface area contributed by atoms with E-state index in [9.17, 15) is 9.59 Å². The van der Waals surface area contributed by atoms with Gasteiger partial charge < -0.3 is 14.6 Å². The lowest BCUT2D eigenvalue weighted by Crippen LogP contribution is -2.21. The van der Waals surface area contributed by atoms with E-state index >= 15 is 0 Å². The molecule has 1 aromatic carbocycles. The van der Waals surface area contributed by atoms with Crippen LogP contribution in [-0.4, -0.2) is 23.1 Å². The van der Waals surface area contributed by atoms with Gasteiger partial charge in [-0.15, -0.1) is 11.3 Å². The molecule has 0 aliphatic rings. The van der Waals surface area contributed by atoms with E-state index in [1.165, 1.54) is 4.88 Å². The molecular weight excluding hydrogens is 360 g/mol. The van der Waals surface area contributed by atoms with Crippen LogP contribution in [0.1, 0.15) is 32.2 Å². The monoisotopic (exact) mass is 382 g/mol. The summed E-state index contributed by atoms with van der Waals surface area (Å²) in [6.45, 7) is 6.20. The van der Waals surface area contributed by atoms with Crippen molar-refractivity contribution in [2.45, 2.75) is 27.3 Å². The molecule has 1 amide bonds. The highest BCUT2D eigenvalue weighted by Gasteiger charge is 2.18. The van der Waals surface area contributed by atoms with Crippen molar-refractivity contribution in [1.82, 2.24) is 4.57 Å². The standard InChI is InChI=1S/C21H22N2O3S/c1-14-6-4-7-17(10-14)22-20(24)13-26-21(25)19-11-15(2)23(16(19)3)12-18-8-5-9-27-18/h4-11H,12-13H2,1-3H3,(H,22,24). The Bertz CT molecular complexity index is 958. The largest absolute Gasteiger partial charge is 0.452 e. The molecule has 3 rings (SSSR count). The Morgan fingerprint density at radius 2 is 1.93 bits per heavy atom. The minimum atomic E-state index is -0.486. The van der Waals surface area contributed by atoms with Gasteiger partial charge in [0, 0.05) is 22.0 Å². The first-order chi connectivity index (χ1) is 12.9. The smallest absolute Gasteiger partial charge is 0.340 e. The number of esters is 1. The average molecular weight is 382 g/mol. The Balaban J connectivity index is 1.62. The van der Waals surface area contributed by atoms with Gasteiger partial charge >= 0.3 is 5.97 Å². The summed E-state index contributed by atoms with van der Waals surface area (Å²) >= 11 is 1.68. The number of benzene rings is 1. The van der Waals surface area contributed by atoms with E-state index in [4.69, 9.17) is 4.74 Å². The van der Waals surface area contributed by atoms with Crippen molar-refractivity contribution < 1.29 is 14.3 Å². The number of carbonyl (C=O) groups excluding carboxylic acids is 2. The number of amides is 1. The zero-order valence-electron chi connectivity index (χ0n) is 15.6. The number of hydrogen-bond donors (Lipinski definition) is 1. The summed E-state index contributed by atoms with van der Waals surface area (Å²) in [7, 11) is 0. The zero-order valence-corrected chi connectivity index (χ0v) is 16.4. The van der Waals surface area contributed by atoms with Crippen molar-refractivity contribution in [3.05, 3.63) is 75.2 Å². The van der Waals surface area contributed by atoms with Gasteiger partial charge in [-0.1, -0.05) is 18.2 Å². The van der Waals surface area contributed by atoms with Crippen LogP contribution in [0.25, 0.3) is 0 Å². The topological polar surface area (TPSA) is 60.3 Å². The Morgan fingerprint density at radius 3 is 2.63 bits per heavy atom. The van der Waals surface area contributed by atoms with Gasteiger partial charge in [0.1, 0.15) is 0 Å². The molecule has 0 fully saturated rings. The van der Waals surface area contributed by atoms with Crippen LogP contribution in [0.2, 0.25) is 0 Å². The molecule has 0 saturated carbocycles. The third-order valence-electron chi connectivity index (χ3n) is 4.32. The van der Waals surface area contributed by atoms with Crippen molar-refractivity contribution in [3.63, 3.8) is 0 Å². The molecule has 27 heavy (non-hydrogen) atoms. The summed E-state index contributed by atoms with van der Waals surface area (Å²) in [4.78, 5) is 25.7. The molecule has 5 nitrogen and oxygen atoms in total. The molecule has 0 saturated heterocycles. The van der Waals surface area contributed by atoms with Crippen LogP contribution in [-0.2, 0) is 16.1 Å². The zero-order chi connectivity index (χ0) is 19.4. The Labute approximate surface area is 162 Å². The summed E-state index contributed by atoms with van der Waals surface area (Å²) in [5, 5.41) is 4.76. The third kappa shape index (κ3) is 4.65. The number of aromatic nitrogens is 1. The molecule has 0 aliphatic carbocycles.